The van der Waals surface area contributed by atoms with Gasteiger partial charge in [0.25, 0.3) is 0 Å². The molecule has 0 fully saturated rings. The Balaban J connectivity index is 2.01. The van der Waals surface area contributed by atoms with Crippen LogP contribution in [-0.2, 0) is 31.9 Å². The predicted octanol–water partition coefficient (Wildman–Crippen LogP) is 4.31. The maximum absolute atomic E-state index is 12.7. The van der Waals surface area contributed by atoms with Gasteiger partial charge in [-0.1, -0.05) is 60.7 Å². The van der Waals surface area contributed by atoms with Gasteiger partial charge in [-0.25, -0.2) is 4.79 Å². The highest BCUT2D eigenvalue weighted by molar-refractivity contribution is 6.06. The first-order valence-electron chi connectivity index (χ1n) is 10.3. The minimum atomic E-state index is -0.593. The van der Waals surface area contributed by atoms with Crippen LogP contribution in [0.4, 0.5) is 0 Å². The lowest BCUT2D eigenvalue weighted by Crippen LogP contribution is -2.33. The summed E-state index contributed by atoms with van der Waals surface area (Å²) in [6.45, 7) is 4.09. The van der Waals surface area contributed by atoms with Gasteiger partial charge in [0.15, 0.2) is 0 Å². The number of aliphatic imine (C=N–C) groups is 1. The molecule has 2 aromatic rings. The van der Waals surface area contributed by atoms with Gasteiger partial charge < -0.3 is 9.47 Å². The highest BCUT2D eigenvalue weighted by Crippen LogP contribution is 2.30. The molecule has 1 heterocycles. The van der Waals surface area contributed by atoms with Crippen LogP contribution in [0, 0.1) is 5.92 Å². The van der Waals surface area contributed by atoms with Crippen LogP contribution in [0.1, 0.15) is 31.4 Å². The van der Waals surface area contributed by atoms with Crippen molar-refractivity contribution < 1.29 is 19.1 Å². The van der Waals surface area contributed by atoms with Crippen LogP contribution in [-0.4, -0.2) is 30.9 Å². The van der Waals surface area contributed by atoms with Crippen LogP contribution in [0.25, 0.3) is 0 Å². The lowest BCUT2D eigenvalue weighted by Gasteiger charge is -2.25. The fourth-order valence-corrected chi connectivity index (χ4v) is 3.54. The van der Waals surface area contributed by atoms with E-state index in [9.17, 15) is 9.59 Å². The minimum Gasteiger partial charge on any atom is -0.465 e. The zero-order chi connectivity index (χ0) is 21.3. The van der Waals surface area contributed by atoms with E-state index in [1.165, 1.54) is 0 Å². The second-order valence-electron chi connectivity index (χ2n) is 7.08. The molecule has 1 aliphatic rings. The Morgan fingerprint density at radius 1 is 0.867 bits per heavy atom. The number of carbonyl (C=O) groups is 2. The molecule has 2 aromatic carbocycles. The van der Waals surface area contributed by atoms with Crippen molar-refractivity contribution in [3.05, 3.63) is 83.1 Å². The van der Waals surface area contributed by atoms with Crippen molar-refractivity contribution in [1.29, 1.82) is 0 Å². The first-order chi connectivity index (χ1) is 14.6. The van der Waals surface area contributed by atoms with Gasteiger partial charge in [0.2, 0.25) is 0 Å². The lowest BCUT2D eigenvalue weighted by molar-refractivity contribution is -0.145. The number of allylic oxidation sites excluding steroid dienone is 1. The predicted molar refractivity (Wildman–Crippen MR) is 116 cm³/mol. The molecule has 0 N–H and O–H groups in total. The van der Waals surface area contributed by atoms with E-state index in [1.807, 2.05) is 60.7 Å². The van der Waals surface area contributed by atoms with E-state index in [1.54, 1.807) is 13.8 Å². The number of carbonyl (C=O) groups excluding carboxylic acids is 2. The molecule has 3 rings (SSSR count). The summed E-state index contributed by atoms with van der Waals surface area (Å²) in [5.41, 5.74) is 3.94. The van der Waals surface area contributed by atoms with E-state index in [0.29, 0.717) is 24.1 Å². The fraction of sp³-hybridized carbons (Fsp3) is 0.320. The van der Waals surface area contributed by atoms with Gasteiger partial charge >= 0.3 is 11.9 Å². The molecular weight excluding hydrogens is 378 g/mol. The van der Waals surface area contributed by atoms with E-state index in [-0.39, 0.29) is 25.6 Å². The maximum atomic E-state index is 12.7. The number of benzene rings is 2. The van der Waals surface area contributed by atoms with Crippen molar-refractivity contribution >= 4 is 17.7 Å². The van der Waals surface area contributed by atoms with E-state index in [4.69, 9.17) is 14.5 Å². The second-order valence-corrected chi connectivity index (χ2v) is 7.08. The fourth-order valence-electron chi connectivity index (χ4n) is 3.54. The van der Waals surface area contributed by atoms with Gasteiger partial charge in [-0.05, 0) is 31.4 Å². The van der Waals surface area contributed by atoms with E-state index >= 15 is 0 Å². The average molecular weight is 405 g/mol. The third kappa shape index (κ3) is 5.44. The molecule has 5 heteroatoms. The molecule has 156 valence electrons. The van der Waals surface area contributed by atoms with Crippen molar-refractivity contribution in [2.75, 3.05) is 13.2 Å². The molecule has 0 aliphatic carbocycles. The summed E-state index contributed by atoms with van der Waals surface area (Å²) in [7, 11) is 0. The summed E-state index contributed by atoms with van der Waals surface area (Å²) >= 11 is 0. The van der Waals surface area contributed by atoms with Crippen LogP contribution in [0.15, 0.2) is 76.9 Å². The van der Waals surface area contributed by atoms with Crippen molar-refractivity contribution in [1.82, 2.24) is 0 Å². The summed E-state index contributed by atoms with van der Waals surface area (Å²) in [6, 6.07) is 19.8. The van der Waals surface area contributed by atoms with Crippen LogP contribution < -0.4 is 0 Å². The Morgan fingerprint density at radius 2 is 1.43 bits per heavy atom. The van der Waals surface area contributed by atoms with E-state index in [2.05, 4.69) is 0 Å². The lowest BCUT2D eigenvalue weighted by atomic mass is 9.86. The Labute approximate surface area is 177 Å². The highest BCUT2D eigenvalue weighted by atomic mass is 16.5. The molecule has 30 heavy (non-hydrogen) atoms. The summed E-state index contributed by atoms with van der Waals surface area (Å²) in [4.78, 5) is 30.2. The van der Waals surface area contributed by atoms with Gasteiger partial charge in [0, 0.05) is 18.6 Å². The van der Waals surface area contributed by atoms with E-state index < -0.39 is 11.9 Å². The third-order valence-corrected chi connectivity index (χ3v) is 4.97. The van der Waals surface area contributed by atoms with Crippen LogP contribution in [0.5, 0.6) is 0 Å². The zero-order valence-electron chi connectivity index (χ0n) is 17.5. The number of esters is 2. The molecule has 5 nitrogen and oxygen atoms in total. The van der Waals surface area contributed by atoms with Gasteiger partial charge in [-0.15, -0.1) is 0 Å². The molecule has 0 amide bonds. The third-order valence-electron chi connectivity index (χ3n) is 4.97. The number of hydrogen-bond acceptors (Lipinski definition) is 5. The van der Waals surface area contributed by atoms with Crippen molar-refractivity contribution in [3.8, 4) is 0 Å². The quantitative estimate of drug-likeness (QED) is 0.614. The largest absolute Gasteiger partial charge is 0.465 e. The SMILES string of the molecule is CCOC(=O)C1=C(Cc2ccccc2)N=C(Cc2ccccc2)C(C(=O)OCC)C1. The first kappa shape index (κ1) is 21.5. The van der Waals surface area contributed by atoms with Crippen molar-refractivity contribution in [2.45, 2.75) is 33.1 Å². The summed E-state index contributed by atoms with van der Waals surface area (Å²) in [5.74, 6) is -1.36. The summed E-state index contributed by atoms with van der Waals surface area (Å²) < 4.78 is 10.6. The molecular formula is C25H27NO4. The Bertz CT molecular complexity index is 932. The van der Waals surface area contributed by atoms with E-state index in [0.717, 1.165) is 16.8 Å². The van der Waals surface area contributed by atoms with Gasteiger partial charge in [0.05, 0.1) is 30.4 Å². The Morgan fingerprint density at radius 3 is 2.00 bits per heavy atom. The highest BCUT2D eigenvalue weighted by Gasteiger charge is 2.34. The Hall–Kier alpha value is -3.21. The molecule has 0 aromatic heterocycles. The molecule has 0 saturated heterocycles. The van der Waals surface area contributed by atoms with Crippen LogP contribution >= 0.6 is 0 Å². The topological polar surface area (TPSA) is 65.0 Å². The van der Waals surface area contributed by atoms with Crippen LogP contribution in [0.3, 0.4) is 0 Å². The molecule has 0 bridgehead atoms. The molecule has 0 radical (unpaired) electrons. The molecule has 1 unspecified atom stereocenters. The zero-order valence-corrected chi connectivity index (χ0v) is 17.5. The maximum Gasteiger partial charge on any atom is 0.335 e. The number of ether oxygens (including phenoxy) is 2. The number of rotatable bonds is 8. The standard InChI is InChI=1S/C25H27NO4/c1-3-29-24(27)20-17-21(25(28)30-4-2)23(16-19-13-9-6-10-14-19)26-22(20)15-18-11-7-5-8-12-18/h5-14,20H,3-4,15-17H2,1-2H3. The van der Waals surface area contributed by atoms with Gasteiger partial charge in [0.1, 0.15) is 0 Å². The van der Waals surface area contributed by atoms with Gasteiger partial charge in [-0.3, -0.25) is 9.79 Å². The van der Waals surface area contributed by atoms with Crippen molar-refractivity contribution in [3.63, 3.8) is 0 Å². The Kier molecular flexibility index (Phi) is 7.55. The summed E-state index contributed by atoms with van der Waals surface area (Å²) in [6.07, 6.45) is 1.27. The average Bonchev–Trinajstić information content (AvgIpc) is 2.75. The number of hydrogen-bond donors (Lipinski definition) is 0. The number of nitrogens with zero attached hydrogens (tertiary/aromatic N) is 1. The molecule has 0 saturated carbocycles. The van der Waals surface area contributed by atoms with Crippen molar-refractivity contribution in [2.24, 2.45) is 10.9 Å². The summed E-state index contributed by atoms with van der Waals surface area (Å²) in [5, 5.41) is 0. The van der Waals surface area contributed by atoms with Crippen LogP contribution in [0.2, 0.25) is 0 Å². The first-order valence-corrected chi connectivity index (χ1v) is 10.3. The monoisotopic (exact) mass is 405 g/mol. The molecule has 1 aliphatic heterocycles. The van der Waals surface area contributed by atoms with Gasteiger partial charge in [-0.2, -0.15) is 0 Å². The molecule has 0 spiro atoms. The second kappa shape index (κ2) is 10.5. The minimum absolute atomic E-state index is 0.242. The molecule has 1 atom stereocenters. The normalized spacial score (nSPS) is 16.1. The smallest absolute Gasteiger partial charge is 0.335 e.